The Bertz CT molecular complexity index is 1070. The highest BCUT2D eigenvalue weighted by molar-refractivity contribution is 6.10. The predicted molar refractivity (Wildman–Crippen MR) is 141 cm³/mol. The SMILES string of the molecule is CC(C)(C)OC(=O)N1CCN(c2ccc(C(=O)N3CCN(C(C)(C)C)CC3)c3ccccc23)CC1. The summed E-state index contributed by atoms with van der Waals surface area (Å²) < 4.78 is 5.54. The first-order chi connectivity index (χ1) is 16.4. The molecular formula is C28H40N4O3. The largest absolute Gasteiger partial charge is 0.444 e. The molecule has 2 aromatic rings. The summed E-state index contributed by atoms with van der Waals surface area (Å²) in [6.07, 6.45) is -0.255. The Morgan fingerprint density at radius 1 is 0.714 bits per heavy atom. The number of benzene rings is 2. The zero-order valence-electron chi connectivity index (χ0n) is 22.1. The van der Waals surface area contributed by atoms with E-state index in [1.54, 1.807) is 4.90 Å². The van der Waals surface area contributed by atoms with E-state index in [0.29, 0.717) is 13.1 Å². The van der Waals surface area contributed by atoms with Crippen LogP contribution in [0.25, 0.3) is 10.8 Å². The third-order valence-corrected chi connectivity index (χ3v) is 6.92. The summed E-state index contributed by atoms with van der Waals surface area (Å²) in [7, 11) is 0. The summed E-state index contributed by atoms with van der Waals surface area (Å²) in [5.74, 6) is 0.107. The molecule has 0 N–H and O–H groups in total. The predicted octanol–water partition coefficient (Wildman–Crippen LogP) is 4.45. The molecule has 2 amide bonds. The molecule has 7 nitrogen and oxygen atoms in total. The second-order valence-electron chi connectivity index (χ2n) is 11.6. The van der Waals surface area contributed by atoms with Crippen LogP contribution < -0.4 is 4.90 Å². The van der Waals surface area contributed by atoms with Crippen molar-refractivity contribution in [3.63, 3.8) is 0 Å². The Morgan fingerprint density at radius 3 is 1.86 bits per heavy atom. The first kappa shape index (κ1) is 25.3. The molecule has 0 aliphatic carbocycles. The van der Waals surface area contributed by atoms with Crippen molar-refractivity contribution >= 4 is 28.5 Å². The van der Waals surface area contributed by atoms with Crippen LogP contribution in [0.5, 0.6) is 0 Å². The van der Waals surface area contributed by atoms with Crippen LogP contribution in [0.4, 0.5) is 10.5 Å². The van der Waals surface area contributed by atoms with Crippen LogP contribution in [-0.2, 0) is 4.74 Å². The van der Waals surface area contributed by atoms with Gasteiger partial charge in [-0.25, -0.2) is 4.79 Å². The molecular weight excluding hydrogens is 440 g/mol. The number of amides is 2. The molecule has 0 atom stereocenters. The molecule has 0 unspecified atom stereocenters. The minimum absolute atomic E-state index is 0.107. The van der Waals surface area contributed by atoms with E-state index >= 15 is 0 Å². The molecule has 2 aliphatic heterocycles. The van der Waals surface area contributed by atoms with E-state index in [4.69, 9.17) is 4.74 Å². The lowest BCUT2D eigenvalue weighted by atomic mass is 10.00. The van der Waals surface area contributed by atoms with Gasteiger partial charge < -0.3 is 19.4 Å². The quantitative estimate of drug-likeness (QED) is 0.636. The fourth-order valence-corrected chi connectivity index (χ4v) is 4.95. The molecule has 2 heterocycles. The standard InChI is InChI=1S/C28H40N4O3/c1-27(2,3)32-19-17-30(18-20-32)25(33)23-11-12-24(22-10-8-7-9-21(22)23)29-13-15-31(16-14-29)26(34)35-28(4,5)6/h7-12H,13-20H2,1-6H3. The molecule has 0 radical (unpaired) electrons. The molecule has 2 saturated heterocycles. The van der Waals surface area contributed by atoms with E-state index in [2.05, 4.69) is 48.8 Å². The highest BCUT2D eigenvalue weighted by Crippen LogP contribution is 2.31. The molecule has 2 aliphatic rings. The minimum Gasteiger partial charge on any atom is -0.444 e. The van der Waals surface area contributed by atoms with Gasteiger partial charge in [0.1, 0.15) is 5.60 Å². The van der Waals surface area contributed by atoms with E-state index < -0.39 is 5.60 Å². The van der Waals surface area contributed by atoms with Gasteiger partial charge >= 0.3 is 6.09 Å². The highest BCUT2D eigenvalue weighted by Gasteiger charge is 2.30. The monoisotopic (exact) mass is 480 g/mol. The van der Waals surface area contributed by atoms with Crippen molar-refractivity contribution in [3.8, 4) is 0 Å². The van der Waals surface area contributed by atoms with Gasteiger partial charge in [-0.3, -0.25) is 9.69 Å². The second kappa shape index (κ2) is 9.69. The summed E-state index contributed by atoms with van der Waals surface area (Å²) in [6, 6.07) is 12.2. The molecule has 0 bridgehead atoms. The van der Waals surface area contributed by atoms with Gasteiger partial charge in [0, 0.05) is 74.5 Å². The van der Waals surface area contributed by atoms with E-state index in [1.165, 1.54) is 0 Å². The number of fused-ring (bicyclic) bond motifs is 1. The van der Waals surface area contributed by atoms with Gasteiger partial charge in [0.05, 0.1) is 0 Å². The van der Waals surface area contributed by atoms with Crippen molar-refractivity contribution in [2.45, 2.75) is 52.7 Å². The van der Waals surface area contributed by atoms with Gasteiger partial charge in [-0.1, -0.05) is 24.3 Å². The Balaban J connectivity index is 1.49. The molecule has 4 rings (SSSR count). The van der Waals surface area contributed by atoms with E-state index in [-0.39, 0.29) is 17.5 Å². The van der Waals surface area contributed by atoms with Crippen molar-refractivity contribution < 1.29 is 14.3 Å². The van der Waals surface area contributed by atoms with Crippen LogP contribution in [0.3, 0.4) is 0 Å². The lowest BCUT2D eigenvalue weighted by molar-refractivity contribution is 0.0240. The first-order valence-electron chi connectivity index (χ1n) is 12.7. The Kier molecular flexibility index (Phi) is 7.00. The average molecular weight is 481 g/mol. The molecule has 2 aromatic carbocycles. The number of carbonyl (C=O) groups is 2. The average Bonchev–Trinajstić information content (AvgIpc) is 2.81. The molecule has 0 aromatic heterocycles. The van der Waals surface area contributed by atoms with E-state index in [1.807, 2.05) is 43.9 Å². The van der Waals surface area contributed by atoms with Crippen molar-refractivity contribution in [1.29, 1.82) is 0 Å². The summed E-state index contributed by atoms with van der Waals surface area (Å²) >= 11 is 0. The third-order valence-electron chi connectivity index (χ3n) is 6.92. The van der Waals surface area contributed by atoms with Crippen LogP contribution in [0.1, 0.15) is 51.9 Å². The van der Waals surface area contributed by atoms with Crippen LogP contribution in [0.2, 0.25) is 0 Å². The van der Waals surface area contributed by atoms with Gasteiger partial charge in [-0.15, -0.1) is 0 Å². The smallest absolute Gasteiger partial charge is 0.410 e. The maximum Gasteiger partial charge on any atom is 0.410 e. The van der Waals surface area contributed by atoms with Gasteiger partial charge in [0.25, 0.3) is 5.91 Å². The molecule has 190 valence electrons. The van der Waals surface area contributed by atoms with Gasteiger partial charge in [0.2, 0.25) is 0 Å². The zero-order valence-corrected chi connectivity index (χ0v) is 22.1. The summed E-state index contributed by atoms with van der Waals surface area (Å²) in [4.78, 5) is 34.5. The summed E-state index contributed by atoms with van der Waals surface area (Å²) in [6.45, 7) is 18.3. The number of hydrogen-bond donors (Lipinski definition) is 0. The maximum atomic E-state index is 13.5. The number of carbonyl (C=O) groups excluding carboxylic acids is 2. The molecule has 0 spiro atoms. The fraction of sp³-hybridized carbons (Fsp3) is 0.571. The normalized spacial score (nSPS) is 18.2. The van der Waals surface area contributed by atoms with Gasteiger partial charge in [0.15, 0.2) is 0 Å². The number of hydrogen-bond acceptors (Lipinski definition) is 5. The summed E-state index contributed by atoms with van der Waals surface area (Å²) in [5, 5.41) is 2.07. The van der Waals surface area contributed by atoms with Crippen LogP contribution in [0, 0.1) is 0 Å². The lowest BCUT2D eigenvalue weighted by Gasteiger charge is -2.42. The molecule has 0 saturated carbocycles. The first-order valence-corrected chi connectivity index (χ1v) is 12.7. The highest BCUT2D eigenvalue weighted by atomic mass is 16.6. The number of anilines is 1. The van der Waals surface area contributed by atoms with Crippen LogP contribution in [-0.4, -0.2) is 90.2 Å². The zero-order chi connectivity index (χ0) is 25.4. The molecule has 35 heavy (non-hydrogen) atoms. The van der Waals surface area contributed by atoms with Crippen LogP contribution >= 0.6 is 0 Å². The number of nitrogens with zero attached hydrogens (tertiary/aromatic N) is 4. The molecule has 2 fully saturated rings. The van der Waals surface area contributed by atoms with E-state index in [9.17, 15) is 9.59 Å². The fourth-order valence-electron chi connectivity index (χ4n) is 4.95. The number of ether oxygens (including phenoxy) is 1. The second-order valence-corrected chi connectivity index (χ2v) is 11.6. The Hall–Kier alpha value is -2.80. The van der Waals surface area contributed by atoms with E-state index in [0.717, 1.165) is 61.3 Å². The van der Waals surface area contributed by atoms with Gasteiger partial charge in [-0.05, 0) is 59.1 Å². The molecule has 7 heteroatoms. The van der Waals surface area contributed by atoms with Crippen molar-refractivity contribution in [2.24, 2.45) is 0 Å². The maximum absolute atomic E-state index is 13.5. The lowest BCUT2D eigenvalue weighted by Crippen LogP contribution is -2.54. The van der Waals surface area contributed by atoms with Crippen molar-refractivity contribution in [3.05, 3.63) is 42.0 Å². The minimum atomic E-state index is -0.494. The topological polar surface area (TPSA) is 56.3 Å². The Morgan fingerprint density at radius 2 is 1.29 bits per heavy atom. The van der Waals surface area contributed by atoms with Gasteiger partial charge in [-0.2, -0.15) is 0 Å². The third kappa shape index (κ3) is 5.72. The van der Waals surface area contributed by atoms with Crippen LogP contribution in [0.15, 0.2) is 36.4 Å². The Labute approximate surface area is 209 Å². The van der Waals surface area contributed by atoms with Crippen molar-refractivity contribution in [2.75, 3.05) is 57.3 Å². The summed E-state index contributed by atoms with van der Waals surface area (Å²) in [5.41, 5.74) is 1.50. The number of rotatable bonds is 2. The van der Waals surface area contributed by atoms with Crippen molar-refractivity contribution in [1.82, 2.24) is 14.7 Å². The number of piperazine rings is 2.